The van der Waals surface area contributed by atoms with Crippen molar-refractivity contribution in [3.8, 4) is 5.75 Å². The van der Waals surface area contributed by atoms with Crippen LogP contribution in [0, 0.1) is 0 Å². The lowest BCUT2D eigenvalue weighted by Crippen LogP contribution is -2.05. The van der Waals surface area contributed by atoms with E-state index in [1.165, 1.54) is 22.0 Å². The Morgan fingerprint density at radius 2 is 1.86 bits per heavy atom. The minimum absolute atomic E-state index is 0.573. The Balaban J connectivity index is 1.94. The summed E-state index contributed by atoms with van der Waals surface area (Å²) in [4.78, 5) is 0. The first-order chi connectivity index (χ1) is 10.3. The Morgan fingerprint density at radius 3 is 2.62 bits per heavy atom. The SMILES string of the molecule is CCOc1ccc2c(ccn2Cc2ccccc2CN)c1. The van der Waals surface area contributed by atoms with E-state index >= 15 is 0 Å². The molecule has 2 aromatic carbocycles. The van der Waals surface area contributed by atoms with Crippen LogP contribution >= 0.6 is 0 Å². The summed E-state index contributed by atoms with van der Waals surface area (Å²) in [7, 11) is 0. The van der Waals surface area contributed by atoms with Gasteiger partial charge in [0.2, 0.25) is 0 Å². The van der Waals surface area contributed by atoms with Crippen molar-refractivity contribution < 1.29 is 4.74 Å². The first-order valence-corrected chi connectivity index (χ1v) is 7.30. The lowest BCUT2D eigenvalue weighted by molar-refractivity contribution is 0.340. The molecule has 0 aliphatic heterocycles. The molecular weight excluding hydrogens is 260 g/mol. The molecule has 3 aromatic rings. The highest BCUT2D eigenvalue weighted by atomic mass is 16.5. The molecule has 0 saturated carbocycles. The monoisotopic (exact) mass is 280 g/mol. The van der Waals surface area contributed by atoms with Crippen molar-refractivity contribution in [1.29, 1.82) is 0 Å². The Labute approximate surface area is 125 Å². The maximum Gasteiger partial charge on any atom is 0.120 e. The fraction of sp³-hybridized carbons (Fsp3) is 0.222. The van der Waals surface area contributed by atoms with Gasteiger partial charge in [0.05, 0.1) is 6.61 Å². The number of aromatic nitrogens is 1. The van der Waals surface area contributed by atoms with E-state index in [9.17, 15) is 0 Å². The standard InChI is InChI=1S/C18H20N2O/c1-2-21-17-7-8-18-14(11-17)9-10-20(18)13-16-6-4-3-5-15(16)12-19/h3-11H,2,12-13,19H2,1H3. The zero-order valence-corrected chi connectivity index (χ0v) is 12.3. The second-order valence-corrected chi connectivity index (χ2v) is 5.07. The third kappa shape index (κ3) is 2.78. The van der Waals surface area contributed by atoms with Crippen LogP contribution in [0.15, 0.2) is 54.7 Å². The van der Waals surface area contributed by atoms with Crippen LogP contribution in [0.25, 0.3) is 10.9 Å². The molecule has 1 heterocycles. The van der Waals surface area contributed by atoms with Gasteiger partial charge in [-0.3, -0.25) is 0 Å². The van der Waals surface area contributed by atoms with E-state index in [0.717, 1.165) is 12.3 Å². The third-order valence-electron chi connectivity index (χ3n) is 3.73. The van der Waals surface area contributed by atoms with Crippen LogP contribution in [-0.4, -0.2) is 11.2 Å². The van der Waals surface area contributed by atoms with E-state index in [2.05, 4.69) is 47.2 Å². The molecule has 0 aliphatic carbocycles. The van der Waals surface area contributed by atoms with E-state index in [-0.39, 0.29) is 0 Å². The number of ether oxygens (including phenoxy) is 1. The van der Waals surface area contributed by atoms with E-state index < -0.39 is 0 Å². The van der Waals surface area contributed by atoms with Crippen LogP contribution in [0.3, 0.4) is 0 Å². The van der Waals surface area contributed by atoms with Gasteiger partial charge in [-0.1, -0.05) is 24.3 Å². The Hall–Kier alpha value is -2.26. The highest BCUT2D eigenvalue weighted by Crippen LogP contribution is 2.23. The van der Waals surface area contributed by atoms with Crippen molar-refractivity contribution in [2.45, 2.75) is 20.0 Å². The van der Waals surface area contributed by atoms with Crippen LogP contribution in [-0.2, 0) is 13.1 Å². The Bertz CT molecular complexity index is 746. The largest absolute Gasteiger partial charge is 0.494 e. The predicted molar refractivity (Wildman–Crippen MR) is 86.5 cm³/mol. The first-order valence-electron chi connectivity index (χ1n) is 7.30. The van der Waals surface area contributed by atoms with Crippen molar-refractivity contribution in [2.75, 3.05) is 6.61 Å². The molecule has 0 radical (unpaired) electrons. The Morgan fingerprint density at radius 1 is 1.05 bits per heavy atom. The molecule has 0 aliphatic rings. The summed E-state index contributed by atoms with van der Waals surface area (Å²) in [6.45, 7) is 4.10. The molecule has 0 bridgehead atoms. The molecule has 0 saturated heterocycles. The van der Waals surface area contributed by atoms with E-state index in [1.54, 1.807) is 0 Å². The number of fused-ring (bicyclic) bond motifs is 1. The number of nitrogens with two attached hydrogens (primary N) is 1. The van der Waals surface area contributed by atoms with Crippen molar-refractivity contribution in [2.24, 2.45) is 5.73 Å². The summed E-state index contributed by atoms with van der Waals surface area (Å²) in [5.41, 5.74) is 9.50. The minimum atomic E-state index is 0.573. The molecule has 0 fully saturated rings. The normalized spacial score (nSPS) is 11.0. The van der Waals surface area contributed by atoms with E-state index in [0.29, 0.717) is 13.2 Å². The van der Waals surface area contributed by atoms with Gasteiger partial charge in [-0.05, 0) is 42.3 Å². The topological polar surface area (TPSA) is 40.2 Å². The van der Waals surface area contributed by atoms with Gasteiger partial charge in [-0.2, -0.15) is 0 Å². The van der Waals surface area contributed by atoms with Gasteiger partial charge < -0.3 is 15.0 Å². The fourth-order valence-electron chi connectivity index (χ4n) is 2.67. The lowest BCUT2D eigenvalue weighted by Gasteiger charge is -2.10. The molecular formula is C18H20N2O. The molecule has 3 rings (SSSR count). The average Bonchev–Trinajstić information content (AvgIpc) is 2.91. The molecule has 0 unspecified atom stereocenters. The molecule has 2 N–H and O–H groups in total. The molecule has 0 amide bonds. The number of benzene rings is 2. The molecule has 1 aromatic heterocycles. The third-order valence-corrected chi connectivity index (χ3v) is 3.73. The van der Waals surface area contributed by atoms with Crippen molar-refractivity contribution in [1.82, 2.24) is 4.57 Å². The van der Waals surface area contributed by atoms with Crippen molar-refractivity contribution in [3.63, 3.8) is 0 Å². The van der Waals surface area contributed by atoms with Crippen molar-refractivity contribution in [3.05, 3.63) is 65.9 Å². The molecule has 108 valence electrons. The summed E-state index contributed by atoms with van der Waals surface area (Å²) in [5.74, 6) is 0.921. The van der Waals surface area contributed by atoms with E-state index in [4.69, 9.17) is 10.5 Å². The number of nitrogens with zero attached hydrogens (tertiary/aromatic N) is 1. The summed E-state index contributed by atoms with van der Waals surface area (Å²) < 4.78 is 7.80. The highest BCUT2D eigenvalue weighted by Gasteiger charge is 2.05. The van der Waals surface area contributed by atoms with Crippen molar-refractivity contribution >= 4 is 10.9 Å². The van der Waals surface area contributed by atoms with Gasteiger partial charge in [-0.15, -0.1) is 0 Å². The number of hydrogen-bond acceptors (Lipinski definition) is 2. The van der Waals surface area contributed by atoms with Gasteiger partial charge in [0.15, 0.2) is 0 Å². The second-order valence-electron chi connectivity index (χ2n) is 5.07. The fourth-order valence-corrected chi connectivity index (χ4v) is 2.67. The van der Waals surface area contributed by atoms with Gasteiger partial charge in [0.25, 0.3) is 0 Å². The number of rotatable bonds is 5. The van der Waals surface area contributed by atoms with Gasteiger partial charge in [0.1, 0.15) is 5.75 Å². The van der Waals surface area contributed by atoms with Crippen LogP contribution in [0.1, 0.15) is 18.1 Å². The Kier molecular flexibility index (Phi) is 3.93. The summed E-state index contributed by atoms with van der Waals surface area (Å²) in [5, 5.41) is 1.20. The summed E-state index contributed by atoms with van der Waals surface area (Å²) in [6, 6.07) is 16.7. The quantitative estimate of drug-likeness (QED) is 0.776. The predicted octanol–water partition coefficient (Wildman–Crippen LogP) is 3.55. The number of hydrogen-bond donors (Lipinski definition) is 1. The molecule has 3 nitrogen and oxygen atoms in total. The maximum atomic E-state index is 5.82. The zero-order chi connectivity index (χ0) is 14.7. The lowest BCUT2D eigenvalue weighted by atomic mass is 10.1. The minimum Gasteiger partial charge on any atom is -0.494 e. The van der Waals surface area contributed by atoms with Crippen LogP contribution in [0.2, 0.25) is 0 Å². The zero-order valence-electron chi connectivity index (χ0n) is 12.3. The van der Waals surface area contributed by atoms with E-state index in [1.807, 2.05) is 19.1 Å². The van der Waals surface area contributed by atoms with Crippen LogP contribution in [0.4, 0.5) is 0 Å². The van der Waals surface area contributed by atoms with Crippen LogP contribution < -0.4 is 10.5 Å². The molecule has 3 heteroatoms. The molecule has 0 spiro atoms. The molecule has 0 atom stereocenters. The first kappa shape index (κ1) is 13.7. The summed E-state index contributed by atoms with van der Waals surface area (Å²) in [6.07, 6.45) is 2.12. The van der Waals surface area contributed by atoms with Gasteiger partial charge in [0, 0.05) is 30.2 Å². The van der Waals surface area contributed by atoms with Crippen LogP contribution in [0.5, 0.6) is 5.75 Å². The second kappa shape index (κ2) is 6.02. The highest BCUT2D eigenvalue weighted by molar-refractivity contribution is 5.81. The van der Waals surface area contributed by atoms with Gasteiger partial charge in [-0.25, -0.2) is 0 Å². The average molecular weight is 280 g/mol. The summed E-state index contributed by atoms with van der Waals surface area (Å²) >= 11 is 0. The van der Waals surface area contributed by atoms with Gasteiger partial charge >= 0.3 is 0 Å². The molecule has 21 heavy (non-hydrogen) atoms. The maximum absolute atomic E-state index is 5.82. The smallest absolute Gasteiger partial charge is 0.120 e.